The van der Waals surface area contributed by atoms with Crippen LogP contribution < -0.4 is 5.73 Å². The Morgan fingerprint density at radius 2 is 2.40 bits per heavy atom. The molecule has 1 fully saturated rings. The van der Waals surface area contributed by atoms with Crippen LogP contribution in [0.5, 0.6) is 0 Å². The van der Waals surface area contributed by atoms with Gasteiger partial charge in [-0.3, -0.25) is 4.40 Å². The van der Waals surface area contributed by atoms with Crippen molar-refractivity contribution in [1.82, 2.24) is 14.4 Å². The standard InChI is InChI=1S/C11H16N4/c1-8-6-13-10-14-9(7-15(8)10)2-3-11(12)4-5-11/h6-7H,2-5,12H2,1H3,(H,13,14). The minimum absolute atomic E-state index is 0.141. The van der Waals surface area contributed by atoms with E-state index in [-0.39, 0.29) is 5.54 Å². The lowest BCUT2D eigenvalue weighted by Gasteiger charge is -2.05. The van der Waals surface area contributed by atoms with Crippen LogP contribution in [0.2, 0.25) is 0 Å². The van der Waals surface area contributed by atoms with Crippen LogP contribution >= 0.6 is 0 Å². The molecule has 0 radical (unpaired) electrons. The first-order valence-corrected chi connectivity index (χ1v) is 5.47. The van der Waals surface area contributed by atoms with E-state index in [0.29, 0.717) is 0 Å². The lowest BCUT2D eigenvalue weighted by Crippen LogP contribution is -2.22. The zero-order valence-corrected chi connectivity index (χ0v) is 8.95. The van der Waals surface area contributed by atoms with E-state index in [2.05, 4.69) is 27.5 Å². The summed E-state index contributed by atoms with van der Waals surface area (Å²) in [5.74, 6) is 0.935. The van der Waals surface area contributed by atoms with E-state index >= 15 is 0 Å². The van der Waals surface area contributed by atoms with Gasteiger partial charge < -0.3 is 10.7 Å². The number of nitrogens with zero attached hydrogens (tertiary/aromatic N) is 2. The Morgan fingerprint density at radius 1 is 1.60 bits per heavy atom. The molecule has 2 heterocycles. The summed E-state index contributed by atoms with van der Waals surface area (Å²) in [5.41, 5.74) is 8.60. The van der Waals surface area contributed by atoms with Crippen molar-refractivity contribution >= 4 is 5.78 Å². The van der Waals surface area contributed by atoms with E-state index in [0.717, 1.165) is 18.6 Å². The average molecular weight is 204 g/mol. The van der Waals surface area contributed by atoms with Crippen molar-refractivity contribution in [3.8, 4) is 0 Å². The highest BCUT2D eigenvalue weighted by molar-refractivity contribution is 5.33. The van der Waals surface area contributed by atoms with Crippen molar-refractivity contribution in [2.75, 3.05) is 0 Å². The highest BCUT2D eigenvalue weighted by atomic mass is 15.1. The summed E-state index contributed by atoms with van der Waals surface area (Å²) < 4.78 is 2.09. The third-order valence-corrected chi connectivity index (χ3v) is 3.32. The molecule has 4 nitrogen and oxygen atoms in total. The summed E-state index contributed by atoms with van der Waals surface area (Å²) in [7, 11) is 0. The predicted octanol–water partition coefficient (Wildman–Crippen LogP) is 1.39. The van der Waals surface area contributed by atoms with Crippen LogP contribution in [0.25, 0.3) is 5.78 Å². The lowest BCUT2D eigenvalue weighted by molar-refractivity contribution is 0.604. The molecular weight excluding hydrogens is 188 g/mol. The summed E-state index contributed by atoms with van der Waals surface area (Å²) >= 11 is 0. The normalized spacial score (nSPS) is 18.5. The second-order valence-electron chi connectivity index (χ2n) is 4.73. The molecule has 0 aromatic carbocycles. The molecule has 0 spiro atoms. The topological polar surface area (TPSA) is 59.1 Å². The van der Waals surface area contributed by atoms with Crippen LogP contribution in [-0.2, 0) is 6.42 Å². The van der Waals surface area contributed by atoms with Gasteiger partial charge in [0.05, 0.1) is 6.20 Å². The molecule has 1 aliphatic carbocycles. The maximum atomic E-state index is 6.06. The van der Waals surface area contributed by atoms with Gasteiger partial charge in [-0.25, -0.2) is 4.98 Å². The molecule has 2 aromatic heterocycles. The van der Waals surface area contributed by atoms with E-state index in [9.17, 15) is 0 Å². The van der Waals surface area contributed by atoms with Gasteiger partial charge in [0.25, 0.3) is 0 Å². The number of hydrogen-bond donors (Lipinski definition) is 2. The van der Waals surface area contributed by atoms with Crippen molar-refractivity contribution < 1.29 is 0 Å². The molecule has 0 saturated heterocycles. The maximum Gasteiger partial charge on any atom is 0.211 e. The van der Waals surface area contributed by atoms with Gasteiger partial charge in [-0.1, -0.05) is 0 Å². The Morgan fingerprint density at radius 3 is 3.07 bits per heavy atom. The molecule has 0 unspecified atom stereocenters. The lowest BCUT2D eigenvalue weighted by atomic mass is 10.1. The van der Waals surface area contributed by atoms with Gasteiger partial charge in [0.15, 0.2) is 0 Å². The van der Waals surface area contributed by atoms with Gasteiger partial charge in [0.1, 0.15) is 0 Å². The smallest absolute Gasteiger partial charge is 0.211 e. The van der Waals surface area contributed by atoms with E-state index in [1.165, 1.54) is 24.2 Å². The molecule has 0 bridgehead atoms. The number of nitrogens with one attached hydrogen (secondary N) is 1. The van der Waals surface area contributed by atoms with Gasteiger partial charge in [0, 0.05) is 23.1 Å². The SMILES string of the molecule is Cc1cnc2[nH]c(CCC3(N)CC3)cn12. The second kappa shape index (κ2) is 2.85. The molecule has 3 rings (SSSR count). The molecular formula is C11H16N4. The molecule has 80 valence electrons. The monoisotopic (exact) mass is 204 g/mol. The second-order valence-corrected chi connectivity index (χ2v) is 4.73. The van der Waals surface area contributed by atoms with Crippen LogP contribution in [0.3, 0.4) is 0 Å². The highest BCUT2D eigenvalue weighted by Gasteiger charge is 2.37. The fourth-order valence-corrected chi connectivity index (χ4v) is 1.95. The number of H-pyrrole nitrogens is 1. The van der Waals surface area contributed by atoms with Crippen molar-refractivity contribution in [2.45, 2.75) is 38.1 Å². The number of hydrogen-bond acceptors (Lipinski definition) is 2. The van der Waals surface area contributed by atoms with Gasteiger partial charge in [-0.05, 0) is 32.6 Å². The minimum atomic E-state index is 0.141. The summed E-state index contributed by atoms with van der Waals surface area (Å²) in [5, 5.41) is 0. The fraction of sp³-hybridized carbons (Fsp3) is 0.545. The Labute approximate surface area is 88.5 Å². The number of aromatic nitrogens is 3. The minimum Gasteiger partial charge on any atom is -0.328 e. The Bertz CT molecular complexity index is 490. The van der Waals surface area contributed by atoms with E-state index in [1.807, 2.05) is 6.20 Å². The number of aryl methyl sites for hydroxylation is 2. The number of rotatable bonds is 3. The van der Waals surface area contributed by atoms with Crippen LogP contribution in [0, 0.1) is 6.92 Å². The molecule has 3 N–H and O–H groups in total. The molecule has 15 heavy (non-hydrogen) atoms. The number of imidazole rings is 2. The molecule has 2 aromatic rings. The Balaban J connectivity index is 1.79. The summed E-state index contributed by atoms with van der Waals surface area (Å²) in [4.78, 5) is 7.59. The van der Waals surface area contributed by atoms with Gasteiger partial charge >= 0.3 is 0 Å². The first-order chi connectivity index (χ1) is 7.16. The van der Waals surface area contributed by atoms with Crippen molar-refractivity contribution in [1.29, 1.82) is 0 Å². The Hall–Kier alpha value is -1.29. The first kappa shape index (κ1) is 8.97. The predicted molar refractivity (Wildman–Crippen MR) is 58.8 cm³/mol. The third kappa shape index (κ3) is 1.55. The molecule has 1 aliphatic rings. The summed E-state index contributed by atoms with van der Waals surface area (Å²) in [6, 6.07) is 0. The van der Waals surface area contributed by atoms with Crippen LogP contribution in [0.1, 0.15) is 30.7 Å². The maximum absolute atomic E-state index is 6.06. The molecule has 1 saturated carbocycles. The van der Waals surface area contributed by atoms with E-state index in [1.54, 1.807) is 0 Å². The molecule has 0 amide bonds. The van der Waals surface area contributed by atoms with E-state index in [4.69, 9.17) is 5.73 Å². The quantitative estimate of drug-likeness (QED) is 0.793. The van der Waals surface area contributed by atoms with Gasteiger partial charge in [0.2, 0.25) is 5.78 Å². The zero-order valence-electron chi connectivity index (χ0n) is 8.95. The zero-order chi connectivity index (χ0) is 10.5. The number of nitrogens with two attached hydrogens (primary N) is 1. The van der Waals surface area contributed by atoms with Crippen molar-refractivity contribution in [3.05, 3.63) is 23.8 Å². The largest absolute Gasteiger partial charge is 0.328 e. The third-order valence-electron chi connectivity index (χ3n) is 3.32. The van der Waals surface area contributed by atoms with Crippen LogP contribution in [0.4, 0.5) is 0 Å². The van der Waals surface area contributed by atoms with Gasteiger partial charge in [-0.15, -0.1) is 0 Å². The fourth-order valence-electron chi connectivity index (χ4n) is 1.95. The van der Waals surface area contributed by atoms with Crippen molar-refractivity contribution in [3.63, 3.8) is 0 Å². The van der Waals surface area contributed by atoms with Crippen LogP contribution in [-0.4, -0.2) is 19.9 Å². The number of fused-ring (bicyclic) bond motifs is 1. The summed E-state index contributed by atoms with van der Waals surface area (Å²) in [6.07, 6.45) is 8.48. The van der Waals surface area contributed by atoms with E-state index < -0.39 is 0 Å². The summed E-state index contributed by atoms with van der Waals surface area (Å²) in [6.45, 7) is 2.06. The van der Waals surface area contributed by atoms with Crippen molar-refractivity contribution in [2.24, 2.45) is 5.73 Å². The van der Waals surface area contributed by atoms with Crippen LogP contribution in [0.15, 0.2) is 12.4 Å². The Kier molecular flexibility index (Phi) is 1.71. The highest BCUT2D eigenvalue weighted by Crippen LogP contribution is 2.36. The first-order valence-electron chi connectivity index (χ1n) is 5.47. The molecule has 0 aliphatic heterocycles. The average Bonchev–Trinajstić information content (AvgIpc) is 2.69. The van der Waals surface area contributed by atoms with Gasteiger partial charge in [-0.2, -0.15) is 0 Å². The molecule has 0 atom stereocenters. The molecule has 4 heteroatoms. The number of aromatic amines is 1.